The largest absolute Gasteiger partial charge is 0.378 e. The monoisotopic (exact) mass is 357 g/mol. The number of piperidine rings is 2. The lowest BCUT2D eigenvalue weighted by Crippen LogP contribution is -2.58. The van der Waals surface area contributed by atoms with E-state index >= 15 is 0 Å². The van der Waals surface area contributed by atoms with Crippen molar-refractivity contribution in [1.82, 2.24) is 15.1 Å². The molecule has 142 valence electrons. The second-order valence-corrected chi connectivity index (χ2v) is 8.11. The number of benzene rings is 1. The topological polar surface area (TPSA) is 44.8 Å². The van der Waals surface area contributed by atoms with Gasteiger partial charge in [0.05, 0.1) is 13.2 Å². The van der Waals surface area contributed by atoms with Gasteiger partial charge in [0.1, 0.15) is 0 Å². The standard InChI is InChI=1S/C21H31N3O2/c1-16-5-7-17(8-6-16)15-24-19-3-2-4-20(24)14-18(13-19)22-21(25)23-9-11-26-12-10-23/h5-8,18-20H,2-4,9-15H2,1H3,(H,22,25). The number of nitrogens with zero attached hydrogens (tertiary/aromatic N) is 2. The molecule has 26 heavy (non-hydrogen) atoms. The highest BCUT2D eigenvalue weighted by molar-refractivity contribution is 5.74. The molecule has 3 saturated heterocycles. The van der Waals surface area contributed by atoms with Crippen LogP contribution < -0.4 is 5.32 Å². The number of amides is 2. The molecule has 2 amide bonds. The van der Waals surface area contributed by atoms with Gasteiger partial charge in [-0.2, -0.15) is 0 Å². The van der Waals surface area contributed by atoms with E-state index in [1.165, 1.54) is 30.4 Å². The van der Waals surface area contributed by atoms with Crippen LogP contribution in [0.3, 0.4) is 0 Å². The smallest absolute Gasteiger partial charge is 0.317 e. The molecule has 3 aliphatic heterocycles. The molecule has 0 aromatic heterocycles. The Bertz CT molecular complexity index is 598. The van der Waals surface area contributed by atoms with Gasteiger partial charge in [-0.3, -0.25) is 4.90 Å². The second-order valence-electron chi connectivity index (χ2n) is 8.11. The lowest BCUT2D eigenvalue weighted by atomic mass is 9.81. The molecule has 0 saturated carbocycles. The molecule has 2 atom stereocenters. The van der Waals surface area contributed by atoms with Crippen LogP contribution in [-0.2, 0) is 11.3 Å². The van der Waals surface area contributed by atoms with Crippen molar-refractivity contribution in [3.05, 3.63) is 35.4 Å². The number of nitrogens with one attached hydrogen (secondary N) is 1. The van der Waals surface area contributed by atoms with Crippen LogP contribution in [0.5, 0.6) is 0 Å². The molecule has 4 rings (SSSR count). The van der Waals surface area contributed by atoms with Gasteiger partial charge >= 0.3 is 6.03 Å². The quantitative estimate of drug-likeness (QED) is 0.905. The number of aryl methyl sites for hydroxylation is 1. The molecule has 3 aliphatic rings. The van der Waals surface area contributed by atoms with E-state index in [0.717, 1.165) is 19.4 Å². The van der Waals surface area contributed by atoms with Crippen LogP contribution in [0, 0.1) is 6.92 Å². The normalized spacial score (nSPS) is 29.4. The molecule has 1 aromatic carbocycles. The lowest BCUT2D eigenvalue weighted by molar-refractivity contribution is 0.0161. The summed E-state index contributed by atoms with van der Waals surface area (Å²) in [5.41, 5.74) is 2.72. The summed E-state index contributed by atoms with van der Waals surface area (Å²) >= 11 is 0. The summed E-state index contributed by atoms with van der Waals surface area (Å²) in [6.07, 6.45) is 6.00. The van der Waals surface area contributed by atoms with E-state index in [1.807, 2.05) is 4.90 Å². The number of hydrogen-bond donors (Lipinski definition) is 1. The van der Waals surface area contributed by atoms with Crippen molar-refractivity contribution in [1.29, 1.82) is 0 Å². The van der Waals surface area contributed by atoms with Crippen molar-refractivity contribution in [2.45, 2.75) is 63.7 Å². The predicted molar refractivity (Wildman–Crippen MR) is 102 cm³/mol. The Hall–Kier alpha value is -1.59. The van der Waals surface area contributed by atoms with Gasteiger partial charge in [0.25, 0.3) is 0 Å². The minimum absolute atomic E-state index is 0.100. The van der Waals surface area contributed by atoms with Gasteiger partial charge in [0.15, 0.2) is 0 Å². The molecule has 2 unspecified atom stereocenters. The Morgan fingerprint density at radius 3 is 2.42 bits per heavy atom. The fourth-order valence-corrected chi connectivity index (χ4v) is 4.79. The third-order valence-corrected chi connectivity index (χ3v) is 6.24. The first kappa shape index (κ1) is 17.8. The number of fused-ring (bicyclic) bond motifs is 2. The van der Waals surface area contributed by atoms with E-state index in [9.17, 15) is 4.79 Å². The zero-order valence-electron chi connectivity index (χ0n) is 15.8. The van der Waals surface area contributed by atoms with Crippen molar-refractivity contribution in [2.24, 2.45) is 0 Å². The molecule has 1 aromatic rings. The number of morpholine rings is 1. The molecular formula is C21H31N3O2. The Labute approximate surface area is 156 Å². The highest BCUT2D eigenvalue weighted by Crippen LogP contribution is 2.35. The van der Waals surface area contributed by atoms with Gasteiger partial charge < -0.3 is 15.0 Å². The molecule has 0 spiro atoms. The zero-order valence-corrected chi connectivity index (χ0v) is 15.8. The van der Waals surface area contributed by atoms with Gasteiger partial charge in [-0.05, 0) is 38.2 Å². The summed E-state index contributed by atoms with van der Waals surface area (Å²) < 4.78 is 5.35. The fraction of sp³-hybridized carbons (Fsp3) is 0.667. The van der Waals surface area contributed by atoms with Crippen LogP contribution in [0.4, 0.5) is 4.79 Å². The van der Waals surface area contributed by atoms with Gasteiger partial charge in [-0.15, -0.1) is 0 Å². The van der Waals surface area contributed by atoms with Crippen molar-refractivity contribution >= 4 is 6.03 Å². The maximum absolute atomic E-state index is 12.5. The zero-order chi connectivity index (χ0) is 17.9. The predicted octanol–water partition coefficient (Wildman–Crippen LogP) is 2.92. The number of ether oxygens (including phenoxy) is 1. The van der Waals surface area contributed by atoms with Crippen LogP contribution in [0.2, 0.25) is 0 Å². The molecule has 2 bridgehead atoms. The van der Waals surface area contributed by atoms with Crippen LogP contribution in [0.1, 0.15) is 43.2 Å². The molecule has 3 heterocycles. The minimum atomic E-state index is 0.100. The molecular weight excluding hydrogens is 326 g/mol. The third kappa shape index (κ3) is 4.04. The average molecular weight is 357 g/mol. The first-order valence-corrected chi connectivity index (χ1v) is 10.1. The number of carbonyl (C=O) groups is 1. The summed E-state index contributed by atoms with van der Waals surface area (Å²) in [4.78, 5) is 17.1. The highest BCUT2D eigenvalue weighted by atomic mass is 16.5. The molecule has 5 nitrogen and oxygen atoms in total. The van der Waals surface area contributed by atoms with Gasteiger partial charge in [-0.25, -0.2) is 4.79 Å². The molecule has 1 N–H and O–H groups in total. The lowest BCUT2D eigenvalue weighted by Gasteiger charge is -2.49. The highest BCUT2D eigenvalue weighted by Gasteiger charge is 2.38. The number of urea groups is 1. The van der Waals surface area contributed by atoms with Crippen molar-refractivity contribution in [2.75, 3.05) is 26.3 Å². The van der Waals surface area contributed by atoms with Crippen LogP contribution in [0.15, 0.2) is 24.3 Å². The Kier molecular flexibility index (Phi) is 5.46. The van der Waals surface area contributed by atoms with E-state index in [1.54, 1.807) is 0 Å². The summed E-state index contributed by atoms with van der Waals surface area (Å²) in [5, 5.41) is 3.31. The fourth-order valence-electron chi connectivity index (χ4n) is 4.79. The maximum atomic E-state index is 12.5. The summed E-state index contributed by atoms with van der Waals surface area (Å²) in [5.74, 6) is 0. The summed E-state index contributed by atoms with van der Waals surface area (Å²) in [7, 11) is 0. The first-order chi connectivity index (χ1) is 12.7. The number of rotatable bonds is 3. The van der Waals surface area contributed by atoms with Gasteiger partial charge in [0, 0.05) is 37.8 Å². The Morgan fingerprint density at radius 1 is 1.12 bits per heavy atom. The number of hydrogen-bond acceptors (Lipinski definition) is 3. The molecule has 0 radical (unpaired) electrons. The van der Waals surface area contributed by atoms with E-state index in [0.29, 0.717) is 44.4 Å². The van der Waals surface area contributed by atoms with E-state index in [4.69, 9.17) is 4.74 Å². The Morgan fingerprint density at radius 2 is 1.77 bits per heavy atom. The maximum Gasteiger partial charge on any atom is 0.317 e. The van der Waals surface area contributed by atoms with Crippen LogP contribution >= 0.6 is 0 Å². The van der Waals surface area contributed by atoms with Gasteiger partial charge in [-0.1, -0.05) is 36.2 Å². The molecule has 3 fully saturated rings. The first-order valence-electron chi connectivity index (χ1n) is 10.1. The second kappa shape index (κ2) is 7.97. The van der Waals surface area contributed by atoms with E-state index < -0.39 is 0 Å². The van der Waals surface area contributed by atoms with Crippen LogP contribution in [-0.4, -0.2) is 60.3 Å². The summed E-state index contributed by atoms with van der Waals surface area (Å²) in [6.45, 7) is 5.93. The number of carbonyl (C=O) groups excluding carboxylic acids is 1. The van der Waals surface area contributed by atoms with E-state index in [-0.39, 0.29) is 6.03 Å². The van der Waals surface area contributed by atoms with Crippen molar-refractivity contribution in [3.63, 3.8) is 0 Å². The van der Waals surface area contributed by atoms with Crippen molar-refractivity contribution < 1.29 is 9.53 Å². The third-order valence-electron chi connectivity index (χ3n) is 6.24. The minimum Gasteiger partial charge on any atom is -0.378 e. The molecule has 5 heteroatoms. The average Bonchev–Trinajstić information content (AvgIpc) is 2.65. The SMILES string of the molecule is Cc1ccc(CN2C3CCCC2CC(NC(=O)N2CCOCC2)C3)cc1. The van der Waals surface area contributed by atoms with Crippen LogP contribution in [0.25, 0.3) is 0 Å². The molecule has 0 aliphatic carbocycles. The Balaban J connectivity index is 1.36. The van der Waals surface area contributed by atoms with Gasteiger partial charge in [0.2, 0.25) is 0 Å². The van der Waals surface area contributed by atoms with E-state index in [2.05, 4.69) is 41.4 Å². The van der Waals surface area contributed by atoms with Crippen molar-refractivity contribution in [3.8, 4) is 0 Å². The summed E-state index contributed by atoms with van der Waals surface area (Å²) in [6, 6.07) is 10.5.